The standard InChI is InChI=1S/C15H19BFNO2/c1-9-6-10-11(8-18-13(10)7-12(9)17)16-19-14(2,3)15(4,5)20-16/h6-8,18H,1-5H3. The highest BCUT2D eigenvalue weighted by molar-refractivity contribution is 6.65. The molecule has 0 spiro atoms. The molecular weight excluding hydrogens is 256 g/mol. The summed E-state index contributed by atoms with van der Waals surface area (Å²) in [6, 6.07) is 3.35. The van der Waals surface area contributed by atoms with Crippen LogP contribution in [0.4, 0.5) is 4.39 Å². The molecule has 0 saturated carbocycles. The molecule has 3 nitrogen and oxygen atoms in total. The molecule has 1 aliphatic heterocycles. The minimum atomic E-state index is -0.432. The average Bonchev–Trinajstić information content (AvgIpc) is 2.79. The number of aryl methyl sites for hydroxylation is 1. The summed E-state index contributed by atoms with van der Waals surface area (Å²) in [5.74, 6) is -0.209. The lowest BCUT2D eigenvalue weighted by Crippen LogP contribution is -2.41. The number of hydrogen-bond acceptors (Lipinski definition) is 2. The molecule has 20 heavy (non-hydrogen) atoms. The van der Waals surface area contributed by atoms with Crippen molar-refractivity contribution in [2.45, 2.75) is 45.8 Å². The van der Waals surface area contributed by atoms with Gasteiger partial charge >= 0.3 is 7.12 Å². The van der Waals surface area contributed by atoms with Crippen molar-refractivity contribution in [3.05, 3.63) is 29.7 Å². The van der Waals surface area contributed by atoms with E-state index in [1.54, 1.807) is 6.92 Å². The summed E-state index contributed by atoms with van der Waals surface area (Å²) in [7, 11) is -0.432. The third kappa shape index (κ3) is 1.88. The van der Waals surface area contributed by atoms with Gasteiger partial charge in [-0.1, -0.05) is 0 Å². The van der Waals surface area contributed by atoms with Crippen LogP contribution in [-0.2, 0) is 9.31 Å². The molecule has 2 aromatic rings. The van der Waals surface area contributed by atoms with Crippen LogP contribution in [0.5, 0.6) is 0 Å². The monoisotopic (exact) mass is 275 g/mol. The first kappa shape index (κ1) is 13.6. The van der Waals surface area contributed by atoms with Crippen LogP contribution in [0, 0.1) is 12.7 Å². The van der Waals surface area contributed by atoms with Gasteiger partial charge in [-0.3, -0.25) is 0 Å². The minimum absolute atomic E-state index is 0.209. The van der Waals surface area contributed by atoms with Gasteiger partial charge in [0.05, 0.1) is 11.2 Å². The van der Waals surface area contributed by atoms with Gasteiger partial charge in [0.25, 0.3) is 0 Å². The van der Waals surface area contributed by atoms with E-state index < -0.39 is 7.12 Å². The van der Waals surface area contributed by atoms with E-state index in [1.165, 1.54) is 6.07 Å². The normalized spacial score (nSPS) is 20.8. The zero-order valence-corrected chi connectivity index (χ0v) is 12.5. The molecule has 3 rings (SSSR count). The van der Waals surface area contributed by atoms with Crippen molar-refractivity contribution in [2.75, 3.05) is 0 Å². The largest absolute Gasteiger partial charge is 0.497 e. The molecule has 1 fully saturated rings. The van der Waals surface area contributed by atoms with Gasteiger partial charge in [0, 0.05) is 17.2 Å². The van der Waals surface area contributed by atoms with Crippen LogP contribution >= 0.6 is 0 Å². The predicted molar refractivity (Wildman–Crippen MR) is 78.7 cm³/mol. The number of H-pyrrole nitrogens is 1. The van der Waals surface area contributed by atoms with Gasteiger partial charge in [-0.05, 0) is 57.7 Å². The first-order chi connectivity index (χ1) is 9.21. The second-order valence-corrected chi connectivity index (χ2v) is 6.48. The minimum Gasteiger partial charge on any atom is -0.399 e. The highest BCUT2D eigenvalue weighted by Crippen LogP contribution is 2.37. The Morgan fingerprint density at radius 2 is 1.70 bits per heavy atom. The number of nitrogens with one attached hydrogen (secondary N) is 1. The highest BCUT2D eigenvalue weighted by atomic mass is 19.1. The predicted octanol–water partition coefficient (Wildman–Crippen LogP) is 2.91. The van der Waals surface area contributed by atoms with Crippen LogP contribution in [0.25, 0.3) is 10.9 Å². The van der Waals surface area contributed by atoms with E-state index in [0.717, 1.165) is 16.4 Å². The van der Waals surface area contributed by atoms with E-state index in [0.29, 0.717) is 5.56 Å². The van der Waals surface area contributed by atoms with Gasteiger partial charge in [-0.25, -0.2) is 4.39 Å². The molecule has 1 N–H and O–H groups in total. The third-order valence-corrected chi connectivity index (χ3v) is 4.50. The number of fused-ring (bicyclic) bond motifs is 1. The molecule has 106 valence electrons. The third-order valence-electron chi connectivity index (χ3n) is 4.50. The summed E-state index contributed by atoms with van der Waals surface area (Å²) in [6.07, 6.45) is 1.84. The lowest BCUT2D eigenvalue weighted by molar-refractivity contribution is 0.00578. The molecule has 2 heterocycles. The summed E-state index contributed by atoms with van der Waals surface area (Å²) in [4.78, 5) is 3.09. The highest BCUT2D eigenvalue weighted by Gasteiger charge is 2.52. The Labute approximate surface area is 118 Å². The first-order valence-electron chi connectivity index (χ1n) is 6.84. The summed E-state index contributed by atoms with van der Waals surface area (Å²) in [5.41, 5.74) is 1.54. The van der Waals surface area contributed by atoms with Crippen molar-refractivity contribution < 1.29 is 13.7 Å². The van der Waals surface area contributed by atoms with E-state index in [2.05, 4.69) is 4.98 Å². The summed E-state index contributed by atoms with van der Waals surface area (Å²) < 4.78 is 25.7. The Kier molecular flexibility index (Phi) is 2.79. The van der Waals surface area contributed by atoms with Gasteiger partial charge in [-0.2, -0.15) is 0 Å². The van der Waals surface area contributed by atoms with Crippen LogP contribution < -0.4 is 5.46 Å². The van der Waals surface area contributed by atoms with Gasteiger partial charge in [0.2, 0.25) is 0 Å². The summed E-state index contributed by atoms with van der Waals surface area (Å²) >= 11 is 0. The molecule has 0 aliphatic carbocycles. The fourth-order valence-corrected chi connectivity index (χ4v) is 2.44. The van der Waals surface area contributed by atoms with E-state index in [1.807, 2.05) is 40.0 Å². The van der Waals surface area contributed by atoms with Crippen LogP contribution in [0.1, 0.15) is 33.3 Å². The zero-order chi connectivity index (χ0) is 14.7. The van der Waals surface area contributed by atoms with E-state index >= 15 is 0 Å². The van der Waals surface area contributed by atoms with Crippen LogP contribution in [-0.4, -0.2) is 23.3 Å². The van der Waals surface area contributed by atoms with Gasteiger partial charge < -0.3 is 14.3 Å². The van der Waals surface area contributed by atoms with E-state index in [-0.39, 0.29) is 17.0 Å². The Balaban J connectivity index is 2.06. The maximum atomic E-state index is 13.6. The number of aromatic amines is 1. The topological polar surface area (TPSA) is 34.2 Å². The number of halogens is 1. The van der Waals surface area contributed by atoms with Crippen molar-refractivity contribution in [3.63, 3.8) is 0 Å². The fraction of sp³-hybridized carbons (Fsp3) is 0.467. The number of benzene rings is 1. The molecule has 0 bridgehead atoms. The Hall–Kier alpha value is -1.33. The molecular formula is C15H19BFNO2. The molecule has 1 saturated heterocycles. The molecule has 5 heteroatoms. The Bertz CT molecular complexity index is 662. The molecule has 1 aliphatic rings. The van der Waals surface area contributed by atoms with Gasteiger partial charge in [-0.15, -0.1) is 0 Å². The second-order valence-electron chi connectivity index (χ2n) is 6.48. The van der Waals surface area contributed by atoms with Crippen molar-refractivity contribution in [3.8, 4) is 0 Å². The Morgan fingerprint density at radius 3 is 2.30 bits per heavy atom. The average molecular weight is 275 g/mol. The maximum absolute atomic E-state index is 13.6. The molecule has 0 amide bonds. The molecule has 0 unspecified atom stereocenters. The smallest absolute Gasteiger partial charge is 0.399 e. The fourth-order valence-electron chi connectivity index (χ4n) is 2.44. The number of aromatic nitrogens is 1. The van der Waals surface area contributed by atoms with Crippen molar-refractivity contribution >= 4 is 23.5 Å². The van der Waals surface area contributed by atoms with Crippen LogP contribution in [0.2, 0.25) is 0 Å². The van der Waals surface area contributed by atoms with Crippen molar-refractivity contribution in [1.82, 2.24) is 4.98 Å². The number of rotatable bonds is 1. The van der Waals surface area contributed by atoms with Gasteiger partial charge in [0.1, 0.15) is 5.82 Å². The SMILES string of the molecule is Cc1cc2c(B3OC(C)(C)C(C)(C)O3)c[nH]c2cc1F. The first-order valence-corrected chi connectivity index (χ1v) is 6.84. The van der Waals surface area contributed by atoms with Gasteiger partial charge in [0.15, 0.2) is 0 Å². The van der Waals surface area contributed by atoms with E-state index in [4.69, 9.17) is 9.31 Å². The van der Waals surface area contributed by atoms with E-state index in [9.17, 15) is 4.39 Å². The second kappa shape index (κ2) is 4.09. The molecule has 1 aromatic heterocycles. The quantitative estimate of drug-likeness (QED) is 0.812. The lowest BCUT2D eigenvalue weighted by Gasteiger charge is -2.32. The maximum Gasteiger partial charge on any atom is 0.497 e. The lowest BCUT2D eigenvalue weighted by atomic mass is 9.79. The summed E-state index contributed by atoms with van der Waals surface area (Å²) in [5, 5.41) is 0.947. The van der Waals surface area contributed by atoms with Crippen LogP contribution in [0.15, 0.2) is 18.3 Å². The molecule has 0 radical (unpaired) electrons. The molecule has 1 aromatic carbocycles. The number of hydrogen-bond donors (Lipinski definition) is 1. The van der Waals surface area contributed by atoms with Crippen molar-refractivity contribution in [2.24, 2.45) is 0 Å². The van der Waals surface area contributed by atoms with Crippen molar-refractivity contribution in [1.29, 1.82) is 0 Å². The zero-order valence-electron chi connectivity index (χ0n) is 12.5. The van der Waals surface area contributed by atoms with Crippen LogP contribution in [0.3, 0.4) is 0 Å². The molecule has 0 atom stereocenters. The Morgan fingerprint density at radius 1 is 1.10 bits per heavy atom. The summed E-state index contributed by atoms with van der Waals surface area (Å²) in [6.45, 7) is 9.84.